The maximum atomic E-state index is 12.0. The fourth-order valence-corrected chi connectivity index (χ4v) is 2.70. The first-order valence-electron chi connectivity index (χ1n) is 10.5. The topological polar surface area (TPSA) is 69.2 Å². The molecule has 0 aliphatic heterocycles. The minimum atomic E-state index is -0.336. The summed E-state index contributed by atoms with van der Waals surface area (Å²) in [7, 11) is 1.60. The molecule has 0 aliphatic carbocycles. The maximum absolute atomic E-state index is 12.0. The molecule has 0 heterocycles. The first-order chi connectivity index (χ1) is 14.7. The lowest BCUT2D eigenvalue weighted by Crippen LogP contribution is -2.24. The van der Waals surface area contributed by atoms with Crippen molar-refractivity contribution < 1.29 is 19.0 Å². The van der Waals surface area contributed by atoms with Crippen molar-refractivity contribution in [3.8, 4) is 17.2 Å². The minimum absolute atomic E-state index is 0.0751. The van der Waals surface area contributed by atoms with Crippen LogP contribution in [-0.2, 0) is 10.2 Å². The van der Waals surface area contributed by atoms with E-state index in [4.69, 9.17) is 14.2 Å². The molecule has 6 nitrogen and oxygen atoms in total. The van der Waals surface area contributed by atoms with Crippen molar-refractivity contribution >= 4 is 12.1 Å². The van der Waals surface area contributed by atoms with E-state index in [1.807, 2.05) is 42.5 Å². The highest BCUT2D eigenvalue weighted by Crippen LogP contribution is 2.28. The Morgan fingerprint density at radius 3 is 2.39 bits per heavy atom. The van der Waals surface area contributed by atoms with E-state index in [1.54, 1.807) is 13.3 Å². The third-order valence-electron chi connectivity index (χ3n) is 4.63. The number of methoxy groups -OCH3 is 1. The van der Waals surface area contributed by atoms with Crippen molar-refractivity contribution in [1.29, 1.82) is 0 Å². The smallest absolute Gasteiger partial charge is 0.277 e. The van der Waals surface area contributed by atoms with E-state index in [1.165, 1.54) is 5.56 Å². The molecule has 2 aromatic rings. The van der Waals surface area contributed by atoms with Crippen molar-refractivity contribution in [2.45, 2.75) is 46.5 Å². The molecule has 0 spiro atoms. The highest BCUT2D eigenvalue weighted by molar-refractivity contribution is 5.83. The molecule has 0 aromatic heterocycles. The highest BCUT2D eigenvalue weighted by Gasteiger charge is 2.13. The van der Waals surface area contributed by atoms with Gasteiger partial charge in [-0.05, 0) is 59.2 Å². The van der Waals surface area contributed by atoms with E-state index >= 15 is 0 Å². The zero-order chi connectivity index (χ0) is 22.9. The molecule has 6 heteroatoms. The summed E-state index contributed by atoms with van der Waals surface area (Å²) in [5.41, 5.74) is 4.54. The summed E-state index contributed by atoms with van der Waals surface area (Å²) in [6, 6.07) is 13.3. The first kappa shape index (κ1) is 24.3. The van der Waals surface area contributed by atoms with Gasteiger partial charge in [0.15, 0.2) is 18.1 Å². The number of hydrazone groups is 1. The predicted octanol–water partition coefficient (Wildman–Crippen LogP) is 4.95. The Morgan fingerprint density at radius 1 is 1.06 bits per heavy atom. The molecule has 0 aliphatic rings. The summed E-state index contributed by atoms with van der Waals surface area (Å²) in [6.07, 6.45) is 2.53. The SMILES string of the molecule is COc1cc(/C=N\NC(=O)COc2ccc(C(C)(C)C)cc2)ccc1OCCC(C)C. The van der Waals surface area contributed by atoms with Crippen molar-refractivity contribution in [2.75, 3.05) is 20.3 Å². The Kier molecular flexibility index (Phi) is 8.91. The van der Waals surface area contributed by atoms with Crippen LogP contribution < -0.4 is 19.6 Å². The second-order valence-corrected chi connectivity index (χ2v) is 8.80. The summed E-state index contributed by atoms with van der Waals surface area (Å²) in [5.74, 6) is 2.20. The van der Waals surface area contributed by atoms with Gasteiger partial charge < -0.3 is 14.2 Å². The molecule has 168 valence electrons. The predicted molar refractivity (Wildman–Crippen MR) is 124 cm³/mol. The molecule has 0 bridgehead atoms. The van der Waals surface area contributed by atoms with Crippen LogP contribution >= 0.6 is 0 Å². The molecular formula is C25H34N2O4. The third-order valence-corrected chi connectivity index (χ3v) is 4.63. The lowest BCUT2D eigenvalue weighted by Gasteiger charge is -2.19. The van der Waals surface area contributed by atoms with Gasteiger partial charge in [-0.3, -0.25) is 4.79 Å². The maximum Gasteiger partial charge on any atom is 0.277 e. The quantitative estimate of drug-likeness (QED) is 0.431. The van der Waals surface area contributed by atoms with Gasteiger partial charge >= 0.3 is 0 Å². The van der Waals surface area contributed by atoms with Crippen LogP contribution in [0.4, 0.5) is 0 Å². The average Bonchev–Trinajstić information content (AvgIpc) is 2.72. The summed E-state index contributed by atoms with van der Waals surface area (Å²) >= 11 is 0. The standard InChI is InChI=1S/C25H34N2O4/c1-18(2)13-14-30-22-12-7-19(15-23(22)29-6)16-26-27-24(28)17-31-21-10-8-20(9-11-21)25(3,4)5/h7-12,15-16,18H,13-14,17H2,1-6H3,(H,27,28)/b26-16-. The van der Waals surface area contributed by atoms with Gasteiger partial charge in [0, 0.05) is 0 Å². The van der Waals surface area contributed by atoms with E-state index in [9.17, 15) is 4.79 Å². The Labute approximate surface area is 185 Å². The number of carbonyl (C=O) groups is 1. The first-order valence-corrected chi connectivity index (χ1v) is 10.5. The van der Waals surface area contributed by atoms with Gasteiger partial charge in [0.1, 0.15) is 5.75 Å². The Morgan fingerprint density at radius 2 is 1.77 bits per heavy atom. The Hall–Kier alpha value is -3.02. The summed E-state index contributed by atoms with van der Waals surface area (Å²) in [5, 5.41) is 3.99. The number of ether oxygens (including phenoxy) is 3. The lowest BCUT2D eigenvalue weighted by atomic mass is 9.87. The van der Waals surface area contributed by atoms with Crippen LogP contribution in [0.3, 0.4) is 0 Å². The lowest BCUT2D eigenvalue weighted by molar-refractivity contribution is -0.123. The number of benzene rings is 2. The molecule has 0 unspecified atom stereocenters. The van der Waals surface area contributed by atoms with Crippen LogP contribution in [0.1, 0.15) is 52.2 Å². The van der Waals surface area contributed by atoms with Crippen molar-refractivity contribution in [2.24, 2.45) is 11.0 Å². The molecule has 0 saturated heterocycles. The molecule has 1 N–H and O–H groups in total. The van der Waals surface area contributed by atoms with Crippen LogP contribution in [0.2, 0.25) is 0 Å². The van der Waals surface area contributed by atoms with Crippen LogP contribution in [0, 0.1) is 5.92 Å². The van der Waals surface area contributed by atoms with Crippen molar-refractivity contribution in [1.82, 2.24) is 5.43 Å². The number of hydrogen-bond donors (Lipinski definition) is 1. The third kappa shape index (κ3) is 8.32. The summed E-state index contributed by atoms with van der Waals surface area (Å²) < 4.78 is 16.7. The molecule has 1 amide bonds. The zero-order valence-corrected chi connectivity index (χ0v) is 19.4. The van der Waals surface area contributed by atoms with Crippen molar-refractivity contribution in [3.63, 3.8) is 0 Å². The van der Waals surface area contributed by atoms with Gasteiger partial charge in [0.05, 0.1) is 19.9 Å². The number of hydrogen-bond acceptors (Lipinski definition) is 5. The molecule has 2 rings (SSSR count). The molecule has 0 radical (unpaired) electrons. The van der Waals surface area contributed by atoms with Gasteiger partial charge in [0.2, 0.25) is 0 Å². The van der Waals surface area contributed by atoms with E-state index in [0.29, 0.717) is 29.8 Å². The number of nitrogens with zero attached hydrogens (tertiary/aromatic N) is 1. The number of amides is 1. The summed E-state index contributed by atoms with van der Waals surface area (Å²) in [6.45, 7) is 11.3. The normalized spacial score (nSPS) is 11.6. The molecule has 0 atom stereocenters. The largest absolute Gasteiger partial charge is 0.493 e. The van der Waals surface area contributed by atoms with Gasteiger partial charge in [-0.1, -0.05) is 46.8 Å². The van der Waals surface area contributed by atoms with E-state index in [-0.39, 0.29) is 17.9 Å². The molecule has 31 heavy (non-hydrogen) atoms. The van der Waals surface area contributed by atoms with Crippen LogP contribution in [0.15, 0.2) is 47.6 Å². The number of carbonyl (C=O) groups excluding carboxylic acids is 1. The number of nitrogens with one attached hydrogen (secondary N) is 1. The Bertz CT molecular complexity index is 868. The van der Waals surface area contributed by atoms with Crippen molar-refractivity contribution in [3.05, 3.63) is 53.6 Å². The van der Waals surface area contributed by atoms with Crippen LogP contribution in [0.25, 0.3) is 0 Å². The van der Waals surface area contributed by atoms with Crippen LogP contribution in [0.5, 0.6) is 17.2 Å². The average molecular weight is 427 g/mol. The molecule has 0 saturated carbocycles. The minimum Gasteiger partial charge on any atom is -0.493 e. The van der Waals surface area contributed by atoms with Crippen LogP contribution in [-0.4, -0.2) is 32.4 Å². The molecular weight excluding hydrogens is 392 g/mol. The van der Waals surface area contributed by atoms with E-state index in [2.05, 4.69) is 45.1 Å². The fraction of sp³-hybridized carbons (Fsp3) is 0.440. The van der Waals surface area contributed by atoms with Gasteiger partial charge in [-0.2, -0.15) is 5.10 Å². The molecule has 2 aromatic carbocycles. The Balaban J connectivity index is 1.83. The second kappa shape index (κ2) is 11.4. The van der Waals surface area contributed by atoms with E-state index < -0.39 is 0 Å². The van der Waals surface area contributed by atoms with E-state index in [0.717, 1.165) is 12.0 Å². The van der Waals surface area contributed by atoms with Gasteiger partial charge in [0.25, 0.3) is 5.91 Å². The molecule has 0 fully saturated rings. The zero-order valence-electron chi connectivity index (χ0n) is 19.4. The van der Waals surface area contributed by atoms with Gasteiger partial charge in [-0.15, -0.1) is 0 Å². The highest BCUT2D eigenvalue weighted by atomic mass is 16.5. The number of rotatable bonds is 10. The van der Waals surface area contributed by atoms with Gasteiger partial charge in [-0.25, -0.2) is 5.43 Å². The second-order valence-electron chi connectivity index (χ2n) is 8.80. The monoisotopic (exact) mass is 426 g/mol. The fourth-order valence-electron chi connectivity index (χ4n) is 2.70. The summed E-state index contributed by atoms with van der Waals surface area (Å²) in [4.78, 5) is 12.0.